The summed E-state index contributed by atoms with van der Waals surface area (Å²) in [6.45, 7) is 6.10. The van der Waals surface area contributed by atoms with Crippen molar-refractivity contribution < 1.29 is 18.3 Å². The first-order valence-corrected chi connectivity index (χ1v) is 15.5. The molecule has 2 fully saturated rings. The van der Waals surface area contributed by atoms with Gasteiger partial charge in [0.1, 0.15) is 17.3 Å². The number of nitrogens with zero attached hydrogens (tertiary/aromatic N) is 5. The van der Waals surface area contributed by atoms with Gasteiger partial charge in [0.15, 0.2) is 0 Å². The lowest BCUT2D eigenvalue weighted by atomic mass is 10.0. The van der Waals surface area contributed by atoms with Crippen LogP contribution in [0, 0.1) is 13.8 Å². The highest BCUT2D eigenvalue weighted by molar-refractivity contribution is 7.81. The van der Waals surface area contributed by atoms with E-state index >= 15 is 0 Å². The summed E-state index contributed by atoms with van der Waals surface area (Å²) in [5.41, 5.74) is 6.88. The highest BCUT2D eigenvalue weighted by Crippen LogP contribution is 2.42. The first-order chi connectivity index (χ1) is 19.4. The fourth-order valence-corrected chi connectivity index (χ4v) is 7.44. The molecule has 0 N–H and O–H groups in total. The molecule has 0 saturated carbocycles. The van der Waals surface area contributed by atoms with Gasteiger partial charge >= 0.3 is 0 Å². The molecule has 9 nitrogen and oxygen atoms in total. The molecule has 208 valence electrons. The number of fused-ring (bicyclic) bond motifs is 2. The molecule has 2 saturated heterocycles. The zero-order valence-electron chi connectivity index (χ0n) is 23.1. The summed E-state index contributed by atoms with van der Waals surface area (Å²) in [5, 5.41) is 4.15. The molecule has 40 heavy (non-hydrogen) atoms. The third kappa shape index (κ3) is 4.16. The van der Waals surface area contributed by atoms with Gasteiger partial charge < -0.3 is 18.7 Å². The summed E-state index contributed by atoms with van der Waals surface area (Å²) in [6, 6.07) is 12.5. The topological polar surface area (TPSA) is 93.7 Å². The zero-order chi connectivity index (χ0) is 27.5. The van der Waals surface area contributed by atoms with Gasteiger partial charge in [-0.15, -0.1) is 0 Å². The third-order valence-electron chi connectivity index (χ3n) is 8.65. The predicted molar refractivity (Wildman–Crippen MR) is 154 cm³/mol. The number of carbonyl (C=O) groups is 1. The number of amides is 1. The molecule has 0 aliphatic carbocycles. The first-order valence-electron chi connectivity index (χ1n) is 14.0. The van der Waals surface area contributed by atoms with Crippen molar-refractivity contribution >= 4 is 33.6 Å². The first kappa shape index (κ1) is 25.5. The molecule has 7 rings (SSSR count). The maximum absolute atomic E-state index is 13.4. The Labute approximate surface area is 235 Å². The lowest BCUT2D eigenvalue weighted by Gasteiger charge is -2.33. The molecule has 3 aliphatic heterocycles. The fraction of sp³-hybridized carbons (Fsp3) is 0.433. The van der Waals surface area contributed by atoms with E-state index in [4.69, 9.17) is 14.2 Å². The van der Waals surface area contributed by atoms with Gasteiger partial charge in [-0.05, 0) is 74.6 Å². The molecular formula is C30H33N5O4S. The van der Waals surface area contributed by atoms with Crippen LogP contribution in [0.1, 0.15) is 60.6 Å². The second-order valence-corrected chi connectivity index (χ2v) is 12.4. The van der Waals surface area contributed by atoms with Crippen LogP contribution in [0.3, 0.4) is 0 Å². The van der Waals surface area contributed by atoms with Crippen LogP contribution in [0.4, 0.5) is 5.69 Å². The predicted octanol–water partition coefficient (Wildman–Crippen LogP) is 5.04. The molecule has 2 aromatic heterocycles. The lowest BCUT2D eigenvalue weighted by Crippen LogP contribution is -2.36. The summed E-state index contributed by atoms with van der Waals surface area (Å²) in [5.74, 6) is 2.73. The second kappa shape index (κ2) is 9.85. The number of rotatable bonds is 5. The molecule has 1 amide bonds. The number of carbonyl (C=O) groups excluding carboxylic acids is 1. The minimum atomic E-state index is -0.978. The molecule has 4 aromatic rings. The Morgan fingerprint density at radius 1 is 1.02 bits per heavy atom. The summed E-state index contributed by atoms with van der Waals surface area (Å²) >= 11 is 0. The van der Waals surface area contributed by atoms with Crippen LogP contribution in [0.25, 0.3) is 22.2 Å². The number of hydrogen-bond donors (Lipinski definition) is 0. The molecule has 0 bridgehead atoms. The highest BCUT2D eigenvalue weighted by Gasteiger charge is 2.39. The van der Waals surface area contributed by atoms with Gasteiger partial charge in [0.2, 0.25) is 5.91 Å². The quantitative estimate of drug-likeness (QED) is 0.340. The standard InChI is InChI=1S/C30H33N5O4S/c1-18-29(19(2)39-32-18)21-4-6-25-24(17-21)31-30(35(25)22-10-13-33(14-11-22)40(3)37)26-7-9-28(36)34(26)23-5-8-27-20(16-23)12-15-38-27/h4-6,8,16-17,22,26H,7,9-15H2,1-3H3/t26-,40?/m0/s1. The van der Waals surface area contributed by atoms with Gasteiger partial charge in [-0.2, -0.15) is 0 Å². The summed E-state index contributed by atoms with van der Waals surface area (Å²) in [4.78, 5) is 20.6. The average molecular weight is 560 g/mol. The smallest absolute Gasteiger partial charge is 0.227 e. The molecule has 1 unspecified atom stereocenters. The number of benzene rings is 2. The van der Waals surface area contributed by atoms with E-state index in [9.17, 15) is 9.00 Å². The molecular weight excluding hydrogens is 526 g/mol. The normalized spacial score (nSPS) is 20.8. The van der Waals surface area contributed by atoms with Crippen molar-refractivity contribution in [2.24, 2.45) is 0 Å². The van der Waals surface area contributed by atoms with Crippen LogP contribution < -0.4 is 9.64 Å². The van der Waals surface area contributed by atoms with Crippen LogP contribution in [0.2, 0.25) is 0 Å². The number of aryl methyl sites for hydroxylation is 2. The Morgan fingerprint density at radius 2 is 1.85 bits per heavy atom. The number of imidazole rings is 1. The molecule has 3 aliphatic rings. The van der Waals surface area contributed by atoms with Crippen molar-refractivity contribution in [1.82, 2.24) is 19.0 Å². The molecule has 0 spiro atoms. The van der Waals surface area contributed by atoms with Crippen LogP contribution in [0.15, 0.2) is 40.9 Å². The van der Waals surface area contributed by atoms with E-state index in [1.807, 2.05) is 35.2 Å². The van der Waals surface area contributed by atoms with Crippen molar-refractivity contribution in [2.45, 2.75) is 58.0 Å². The number of ether oxygens (including phenoxy) is 1. The van der Waals surface area contributed by atoms with Gasteiger partial charge in [0, 0.05) is 49.5 Å². The minimum absolute atomic E-state index is 0.120. The molecule has 0 radical (unpaired) electrons. The van der Waals surface area contributed by atoms with E-state index in [1.165, 1.54) is 0 Å². The molecule has 2 atom stereocenters. The van der Waals surface area contributed by atoms with Crippen molar-refractivity contribution in [3.05, 3.63) is 59.2 Å². The van der Waals surface area contributed by atoms with E-state index in [1.54, 1.807) is 6.26 Å². The van der Waals surface area contributed by atoms with Crippen molar-refractivity contribution in [2.75, 3.05) is 30.9 Å². The molecule has 2 aromatic carbocycles. The van der Waals surface area contributed by atoms with E-state index in [0.717, 1.165) is 88.8 Å². The molecule has 5 heterocycles. The maximum Gasteiger partial charge on any atom is 0.227 e. The van der Waals surface area contributed by atoms with Crippen molar-refractivity contribution in [3.63, 3.8) is 0 Å². The van der Waals surface area contributed by atoms with Crippen LogP contribution in [-0.4, -0.2) is 55.1 Å². The number of piperidine rings is 1. The van der Waals surface area contributed by atoms with Crippen LogP contribution >= 0.6 is 0 Å². The average Bonchev–Trinajstić information content (AvgIpc) is 3.73. The van der Waals surface area contributed by atoms with Gasteiger partial charge in [-0.1, -0.05) is 11.2 Å². The Balaban J connectivity index is 1.34. The Bertz CT molecular complexity index is 1630. The van der Waals surface area contributed by atoms with Crippen LogP contribution in [0.5, 0.6) is 5.75 Å². The lowest BCUT2D eigenvalue weighted by molar-refractivity contribution is -0.117. The highest BCUT2D eigenvalue weighted by atomic mass is 32.2. The number of anilines is 1. The van der Waals surface area contributed by atoms with Crippen molar-refractivity contribution in [3.8, 4) is 16.9 Å². The summed E-state index contributed by atoms with van der Waals surface area (Å²) in [7, 11) is -0.978. The maximum atomic E-state index is 13.4. The Kier molecular flexibility index (Phi) is 6.27. The van der Waals surface area contributed by atoms with E-state index in [2.05, 4.69) is 34.0 Å². The van der Waals surface area contributed by atoms with Crippen LogP contribution in [-0.2, 0) is 22.2 Å². The molecule has 10 heteroatoms. The van der Waals surface area contributed by atoms with Gasteiger partial charge in [0.05, 0.1) is 40.4 Å². The van der Waals surface area contributed by atoms with Crippen molar-refractivity contribution in [1.29, 1.82) is 0 Å². The van der Waals surface area contributed by atoms with E-state index in [-0.39, 0.29) is 18.0 Å². The van der Waals surface area contributed by atoms with E-state index in [0.29, 0.717) is 19.4 Å². The summed E-state index contributed by atoms with van der Waals surface area (Å²) < 4.78 is 27.7. The van der Waals surface area contributed by atoms with Gasteiger partial charge in [-0.3, -0.25) is 4.79 Å². The third-order valence-corrected chi connectivity index (χ3v) is 9.74. The Hall–Kier alpha value is -3.50. The number of hydrogen-bond acceptors (Lipinski definition) is 6. The second-order valence-electron chi connectivity index (χ2n) is 11.0. The largest absolute Gasteiger partial charge is 0.493 e. The summed E-state index contributed by atoms with van der Waals surface area (Å²) in [6.07, 6.45) is 5.55. The zero-order valence-corrected chi connectivity index (χ0v) is 23.9. The fourth-order valence-electron chi connectivity index (χ4n) is 6.72. The monoisotopic (exact) mass is 559 g/mol. The minimum Gasteiger partial charge on any atom is -0.493 e. The Morgan fingerprint density at radius 3 is 2.60 bits per heavy atom. The van der Waals surface area contributed by atoms with Gasteiger partial charge in [0.25, 0.3) is 0 Å². The van der Waals surface area contributed by atoms with Gasteiger partial charge in [-0.25, -0.2) is 13.5 Å². The SMILES string of the molecule is Cc1noc(C)c1-c1ccc2c(c1)nc([C@@H]1CCC(=O)N1c1ccc3c(c1)CCO3)n2C1CCN(S(C)=O)CC1. The van der Waals surface area contributed by atoms with E-state index < -0.39 is 11.0 Å². The number of aromatic nitrogens is 3.